The fourth-order valence-corrected chi connectivity index (χ4v) is 2.20. The molecule has 7 nitrogen and oxygen atoms in total. The lowest BCUT2D eigenvalue weighted by Crippen LogP contribution is -2.50. The van der Waals surface area contributed by atoms with Crippen molar-refractivity contribution in [3.8, 4) is 0 Å². The summed E-state index contributed by atoms with van der Waals surface area (Å²) in [5, 5.41) is 8.85. The third-order valence-electron chi connectivity index (χ3n) is 3.55. The van der Waals surface area contributed by atoms with Gasteiger partial charge in [-0.15, -0.1) is 0 Å². The van der Waals surface area contributed by atoms with E-state index < -0.39 is 17.8 Å². The van der Waals surface area contributed by atoms with Gasteiger partial charge in [-0.1, -0.05) is 0 Å². The summed E-state index contributed by atoms with van der Waals surface area (Å²) in [6.07, 6.45) is -2.90. The van der Waals surface area contributed by atoms with E-state index in [1.54, 1.807) is 9.80 Å². The van der Waals surface area contributed by atoms with Crippen LogP contribution in [0.5, 0.6) is 0 Å². The number of anilines is 1. The van der Waals surface area contributed by atoms with Crippen LogP contribution in [0.3, 0.4) is 0 Å². The number of piperazine rings is 1. The number of nitrogens with two attached hydrogens (primary N) is 1. The maximum atomic E-state index is 12.5. The Bertz CT molecular complexity index is 529. The van der Waals surface area contributed by atoms with Crippen molar-refractivity contribution in [2.75, 3.05) is 37.7 Å². The summed E-state index contributed by atoms with van der Waals surface area (Å²) in [5.41, 5.74) is 4.63. The smallest absolute Gasteiger partial charge is 0.395 e. The standard InChI is InChI=1S/C13H18F3N5O2/c14-13(15,16)9-6-18-12(19-7-9)21-3-1-20(2-4-21)11(23)5-10(17)8-22/h6-7,10,22H,1-5,8,17H2/t10-/m0/s1. The first-order valence-corrected chi connectivity index (χ1v) is 7.09. The number of aliphatic hydroxyl groups excluding tert-OH is 1. The number of aromatic nitrogens is 2. The van der Waals surface area contributed by atoms with E-state index in [2.05, 4.69) is 9.97 Å². The van der Waals surface area contributed by atoms with E-state index >= 15 is 0 Å². The molecule has 2 heterocycles. The molecule has 1 saturated heterocycles. The number of hydrogen-bond donors (Lipinski definition) is 2. The van der Waals surface area contributed by atoms with E-state index in [9.17, 15) is 18.0 Å². The minimum absolute atomic E-state index is 0.0628. The van der Waals surface area contributed by atoms with Gasteiger partial charge < -0.3 is 20.6 Å². The monoisotopic (exact) mass is 333 g/mol. The molecule has 10 heteroatoms. The maximum Gasteiger partial charge on any atom is 0.419 e. The lowest BCUT2D eigenvalue weighted by molar-refractivity contribution is -0.138. The molecule has 1 fully saturated rings. The second-order valence-corrected chi connectivity index (χ2v) is 5.28. The van der Waals surface area contributed by atoms with Crippen LogP contribution in [0.1, 0.15) is 12.0 Å². The summed E-state index contributed by atoms with van der Waals surface area (Å²) in [5.74, 6) is 0.0525. The number of aliphatic hydroxyl groups is 1. The molecule has 23 heavy (non-hydrogen) atoms. The van der Waals surface area contributed by atoms with Crippen molar-refractivity contribution in [2.24, 2.45) is 5.73 Å². The minimum atomic E-state index is -4.46. The Morgan fingerprint density at radius 1 is 1.26 bits per heavy atom. The van der Waals surface area contributed by atoms with Crippen LogP contribution in [0.25, 0.3) is 0 Å². The minimum Gasteiger partial charge on any atom is -0.395 e. The highest BCUT2D eigenvalue weighted by atomic mass is 19.4. The largest absolute Gasteiger partial charge is 0.419 e. The first-order chi connectivity index (χ1) is 10.8. The topological polar surface area (TPSA) is 95.6 Å². The molecule has 1 aliphatic rings. The molecule has 0 aliphatic carbocycles. The Hall–Kier alpha value is -1.94. The Morgan fingerprint density at radius 2 is 1.83 bits per heavy atom. The van der Waals surface area contributed by atoms with Gasteiger partial charge >= 0.3 is 6.18 Å². The SMILES string of the molecule is N[C@H](CO)CC(=O)N1CCN(c2ncc(C(F)(F)F)cn2)CC1. The van der Waals surface area contributed by atoms with Gasteiger partial charge in [0.15, 0.2) is 0 Å². The zero-order chi connectivity index (χ0) is 17.0. The molecule has 128 valence electrons. The Labute approximate surface area is 130 Å². The molecule has 1 amide bonds. The molecular formula is C13H18F3N5O2. The molecule has 0 radical (unpaired) electrons. The fraction of sp³-hybridized carbons (Fsp3) is 0.615. The molecule has 0 spiro atoms. The van der Waals surface area contributed by atoms with Crippen LogP contribution in [0, 0.1) is 0 Å². The molecule has 0 unspecified atom stereocenters. The Balaban J connectivity index is 1.90. The number of rotatable bonds is 4. The zero-order valence-electron chi connectivity index (χ0n) is 12.3. The third kappa shape index (κ3) is 4.52. The average molecular weight is 333 g/mol. The molecule has 1 atom stereocenters. The van der Waals surface area contributed by atoms with E-state index in [0.717, 1.165) is 12.4 Å². The fourth-order valence-electron chi connectivity index (χ4n) is 2.20. The summed E-state index contributed by atoms with van der Waals surface area (Å²) in [4.78, 5) is 22.7. The van der Waals surface area contributed by atoms with Gasteiger partial charge in [0.25, 0.3) is 0 Å². The van der Waals surface area contributed by atoms with E-state index in [1.807, 2.05) is 0 Å². The van der Waals surface area contributed by atoms with Gasteiger partial charge in [0.1, 0.15) is 0 Å². The highest BCUT2D eigenvalue weighted by molar-refractivity contribution is 5.77. The number of halogens is 3. The normalized spacial score (nSPS) is 17.3. The summed E-state index contributed by atoms with van der Waals surface area (Å²) in [6.45, 7) is 1.39. The van der Waals surface area contributed by atoms with Crippen LogP contribution in [-0.2, 0) is 11.0 Å². The second-order valence-electron chi connectivity index (χ2n) is 5.28. The molecule has 0 bridgehead atoms. The summed E-state index contributed by atoms with van der Waals surface area (Å²) in [6, 6.07) is -0.584. The number of alkyl halides is 3. The van der Waals surface area contributed by atoms with Crippen LogP contribution >= 0.6 is 0 Å². The van der Waals surface area contributed by atoms with Crippen molar-refractivity contribution >= 4 is 11.9 Å². The first-order valence-electron chi connectivity index (χ1n) is 7.09. The number of carbonyl (C=O) groups is 1. The van der Waals surface area contributed by atoms with Crippen molar-refractivity contribution < 1.29 is 23.1 Å². The van der Waals surface area contributed by atoms with Gasteiger partial charge in [-0.3, -0.25) is 4.79 Å². The molecule has 0 saturated carbocycles. The van der Waals surface area contributed by atoms with Gasteiger partial charge in [-0.2, -0.15) is 13.2 Å². The first kappa shape index (κ1) is 17.4. The quantitative estimate of drug-likeness (QED) is 0.796. The predicted octanol–water partition coefficient (Wildman–Crippen LogP) is -0.146. The van der Waals surface area contributed by atoms with Crippen molar-refractivity contribution in [1.82, 2.24) is 14.9 Å². The third-order valence-corrected chi connectivity index (χ3v) is 3.55. The zero-order valence-corrected chi connectivity index (χ0v) is 12.3. The molecule has 0 aromatic carbocycles. The molecular weight excluding hydrogens is 315 g/mol. The molecule has 1 aliphatic heterocycles. The number of carbonyl (C=O) groups excluding carboxylic acids is 1. The predicted molar refractivity (Wildman–Crippen MR) is 75.5 cm³/mol. The van der Waals surface area contributed by atoms with Crippen LogP contribution in [0.4, 0.5) is 19.1 Å². The summed E-state index contributed by atoms with van der Waals surface area (Å²) < 4.78 is 37.4. The van der Waals surface area contributed by atoms with Gasteiger partial charge in [0, 0.05) is 51.0 Å². The molecule has 1 aromatic rings. The van der Waals surface area contributed by atoms with Crippen molar-refractivity contribution in [3.05, 3.63) is 18.0 Å². The Kier molecular flexibility index (Phi) is 5.37. The van der Waals surface area contributed by atoms with Crippen molar-refractivity contribution in [1.29, 1.82) is 0 Å². The molecule has 3 N–H and O–H groups in total. The van der Waals surface area contributed by atoms with Gasteiger partial charge in [-0.05, 0) is 0 Å². The number of hydrogen-bond acceptors (Lipinski definition) is 6. The van der Waals surface area contributed by atoms with E-state index in [4.69, 9.17) is 10.8 Å². The maximum absolute atomic E-state index is 12.5. The molecule has 2 rings (SSSR count). The van der Waals surface area contributed by atoms with E-state index in [0.29, 0.717) is 26.2 Å². The summed E-state index contributed by atoms with van der Waals surface area (Å²) in [7, 11) is 0. The molecule has 1 aromatic heterocycles. The van der Waals surface area contributed by atoms with Crippen molar-refractivity contribution in [2.45, 2.75) is 18.6 Å². The number of nitrogens with zero attached hydrogens (tertiary/aromatic N) is 4. The van der Waals surface area contributed by atoms with Crippen molar-refractivity contribution in [3.63, 3.8) is 0 Å². The summed E-state index contributed by atoms with van der Waals surface area (Å²) >= 11 is 0. The number of amides is 1. The van der Waals surface area contributed by atoms with E-state index in [-0.39, 0.29) is 24.9 Å². The average Bonchev–Trinajstić information content (AvgIpc) is 2.54. The van der Waals surface area contributed by atoms with Gasteiger partial charge in [-0.25, -0.2) is 9.97 Å². The van der Waals surface area contributed by atoms with E-state index in [1.165, 1.54) is 0 Å². The van der Waals surface area contributed by atoms with Gasteiger partial charge in [0.2, 0.25) is 11.9 Å². The highest BCUT2D eigenvalue weighted by Gasteiger charge is 2.32. The lowest BCUT2D eigenvalue weighted by atomic mass is 10.2. The van der Waals surface area contributed by atoms with Gasteiger partial charge in [0.05, 0.1) is 12.2 Å². The Morgan fingerprint density at radius 3 is 2.30 bits per heavy atom. The van der Waals surface area contributed by atoms with Crippen LogP contribution < -0.4 is 10.6 Å². The van der Waals surface area contributed by atoms with Crippen LogP contribution in [-0.4, -0.2) is 64.7 Å². The van der Waals surface area contributed by atoms with Crippen LogP contribution in [0.15, 0.2) is 12.4 Å². The lowest BCUT2D eigenvalue weighted by Gasteiger charge is -2.35. The van der Waals surface area contributed by atoms with Crippen LogP contribution in [0.2, 0.25) is 0 Å². The second kappa shape index (κ2) is 7.09. The highest BCUT2D eigenvalue weighted by Crippen LogP contribution is 2.28.